The van der Waals surface area contributed by atoms with Crippen molar-refractivity contribution in [2.45, 2.75) is 25.3 Å². The number of aromatic nitrogens is 3. The summed E-state index contributed by atoms with van der Waals surface area (Å²) in [6.07, 6.45) is 7.11. The zero-order valence-corrected chi connectivity index (χ0v) is 20.7. The first kappa shape index (κ1) is 23.3. The van der Waals surface area contributed by atoms with Gasteiger partial charge in [-0.25, -0.2) is 9.97 Å². The van der Waals surface area contributed by atoms with Gasteiger partial charge in [0.15, 0.2) is 12.2 Å². The van der Waals surface area contributed by atoms with Gasteiger partial charge in [0.25, 0.3) is 5.91 Å². The summed E-state index contributed by atoms with van der Waals surface area (Å²) in [6, 6.07) is 9.45. The van der Waals surface area contributed by atoms with Gasteiger partial charge < -0.3 is 13.9 Å². The second-order valence-electron chi connectivity index (χ2n) is 8.64. The molecule has 0 radical (unpaired) electrons. The summed E-state index contributed by atoms with van der Waals surface area (Å²) in [6.45, 7) is 4.23. The van der Waals surface area contributed by atoms with Crippen LogP contribution in [0.1, 0.15) is 35.0 Å². The summed E-state index contributed by atoms with van der Waals surface area (Å²) < 4.78 is 7.41. The molecule has 0 unspecified atom stereocenters. The van der Waals surface area contributed by atoms with Crippen molar-refractivity contribution in [1.82, 2.24) is 19.4 Å². The number of nitrogens with zero attached hydrogens (tertiary/aromatic N) is 4. The van der Waals surface area contributed by atoms with Gasteiger partial charge in [0.05, 0.1) is 26.5 Å². The number of likely N-dealkylation sites (N-methyl/N-ethyl adjacent to an activating group) is 1. The lowest BCUT2D eigenvalue weighted by Gasteiger charge is -2.38. The largest absolute Gasteiger partial charge is 0.443 e. The van der Waals surface area contributed by atoms with Crippen LogP contribution in [0.15, 0.2) is 60.0 Å². The summed E-state index contributed by atoms with van der Waals surface area (Å²) in [4.78, 5) is 36.5. The highest BCUT2D eigenvalue weighted by Crippen LogP contribution is 2.44. The number of imidazole rings is 1. The molecule has 1 fully saturated rings. The normalized spacial score (nSPS) is 17.2. The lowest BCUT2D eigenvalue weighted by atomic mass is 9.78. The van der Waals surface area contributed by atoms with Crippen molar-refractivity contribution in [2.24, 2.45) is 5.92 Å². The molecule has 1 saturated carbocycles. The van der Waals surface area contributed by atoms with Crippen molar-refractivity contribution in [2.75, 3.05) is 18.9 Å². The number of amides is 2. The number of halogens is 1. The molecule has 0 aliphatic heterocycles. The number of rotatable bonds is 8. The molecule has 3 aromatic heterocycles. The molecular weight excluding hydrogens is 486 g/mol. The van der Waals surface area contributed by atoms with Gasteiger partial charge in [-0.05, 0) is 55.5 Å². The van der Waals surface area contributed by atoms with Crippen LogP contribution < -0.4 is 5.32 Å². The predicted octanol–water partition coefficient (Wildman–Crippen LogP) is 5.64. The van der Waals surface area contributed by atoms with E-state index in [1.165, 1.54) is 23.8 Å². The maximum absolute atomic E-state index is 13.1. The number of hydrogen-bond acceptors (Lipinski definition) is 6. The van der Waals surface area contributed by atoms with Crippen LogP contribution in [0.4, 0.5) is 5.95 Å². The second kappa shape index (κ2) is 9.67. The van der Waals surface area contributed by atoms with Crippen LogP contribution in [-0.4, -0.2) is 44.8 Å². The third kappa shape index (κ3) is 4.61. The Morgan fingerprint density at radius 3 is 2.91 bits per heavy atom. The Bertz CT molecular complexity index is 1390. The third-order valence-corrected chi connectivity index (χ3v) is 7.80. The molecule has 1 aliphatic carbocycles. The number of carbonyl (C=O) groups is 2. The van der Waals surface area contributed by atoms with E-state index in [0.717, 1.165) is 29.7 Å². The highest BCUT2D eigenvalue weighted by Gasteiger charge is 2.34. The standard InChI is InChI=1S/C25H24ClN5O3S/c1-3-22(32)30(2)10-9-15-11-16(12-15)31-18-6-4-5-17(26)23(18)28-25(31)29-24(33)21-8-7-20(35-21)19-13-27-14-34-19/h3-8,13-16H,1,9-12H2,2H3,(H,28,29,33). The van der Waals surface area contributed by atoms with E-state index in [-0.39, 0.29) is 17.9 Å². The van der Waals surface area contributed by atoms with Gasteiger partial charge in [0.2, 0.25) is 11.9 Å². The molecule has 1 N–H and O–H groups in total. The van der Waals surface area contributed by atoms with Crippen LogP contribution in [0.5, 0.6) is 0 Å². The van der Waals surface area contributed by atoms with Gasteiger partial charge >= 0.3 is 0 Å². The van der Waals surface area contributed by atoms with E-state index in [4.69, 9.17) is 16.0 Å². The van der Waals surface area contributed by atoms with Gasteiger partial charge in [0, 0.05) is 19.6 Å². The number of oxazole rings is 1. The van der Waals surface area contributed by atoms with Crippen molar-refractivity contribution in [1.29, 1.82) is 0 Å². The summed E-state index contributed by atoms with van der Waals surface area (Å²) in [5.74, 6) is 1.28. The first-order valence-electron chi connectivity index (χ1n) is 11.3. The molecule has 4 aromatic rings. The van der Waals surface area contributed by atoms with Gasteiger partial charge in [-0.3, -0.25) is 14.9 Å². The molecule has 35 heavy (non-hydrogen) atoms. The molecule has 1 aliphatic rings. The van der Waals surface area contributed by atoms with Gasteiger partial charge in [0.1, 0.15) is 5.52 Å². The molecule has 8 nitrogen and oxygen atoms in total. The maximum atomic E-state index is 13.1. The smallest absolute Gasteiger partial charge is 0.268 e. The summed E-state index contributed by atoms with van der Waals surface area (Å²) >= 11 is 7.76. The Hall–Kier alpha value is -3.43. The van der Waals surface area contributed by atoms with Crippen molar-refractivity contribution in [3.05, 3.63) is 65.5 Å². The molecule has 0 bridgehead atoms. The van der Waals surface area contributed by atoms with Crippen LogP contribution in [0.2, 0.25) is 5.02 Å². The molecule has 0 saturated heterocycles. The number of para-hydroxylation sites is 1. The molecule has 0 spiro atoms. The lowest BCUT2D eigenvalue weighted by molar-refractivity contribution is -0.125. The van der Waals surface area contributed by atoms with E-state index >= 15 is 0 Å². The van der Waals surface area contributed by atoms with E-state index in [1.807, 2.05) is 18.2 Å². The van der Waals surface area contributed by atoms with Crippen molar-refractivity contribution < 1.29 is 14.0 Å². The fourth-order valence-corrected chi connectivity index (χ4v) is 5.49. The fraction of sp³-hybridized carbons (Fsp3) is 0.280. The van der Waals surface area contributed by atoms with E-state index in [1.54, 1.807) is 30.3 Å². The number of anilines is 1. The minimum absolute atomic E-state index is 0.0684. The first-order valence-corrected chi connectivity index (χ1v) is 12.5. The zero-order chi connectivity index (χ0) is 24.5. The average Bonchev–Trinajstić information content (AvgIpc) is 3.58. The summed E-state index contributed by atoms with van der Waals surface area (Å²) in [5, 5.41) is 3.54. The number of thiophene rings is 1. The number of hydrogen-bond donors (Lipinski definition) is 1. The first-order chi connectivity index (χ1) is 16.9. The second-order valence-corrected chi connectivity index (χ2v) is 10.1. The number of benzene rings is 1. The van der Waals surface area contributed by atoms with E-state index < -0.39 is 0 Å². The Morgan fingerprint density at radius 1 is 1.34 bits per heavy atom. The van der Waals surface area contributed by atoms with Crippen LogP contribution in [0.25, 0.3) is 21.7 Å². The maximum Gasteiger partial charge on any atom is 0.268 e. The van der Waals surface area contributed by atoms with Crippen LogP contribution in [0.3, 0.4) is 0 Å². The van der Waals surface area contributed by atoms with Gasteiger partial charge in [-0.1, -0.05) is 24.2 Å². The van der Waals surface area contributed by atoms with Crippen molar-refractivity contribution >= 4 is 51.7 Å². The minimum Gasteiger partial charge on any atom is -0.443 e. The number of fused-ring (bicyclic) bond motifs is 1. The van der Waals surface area contributed by atoms with Gasteiger partial charge in [-0.15, -0.1) is 11.3 Å². The Balaban J connectivity index is 1.34. The molecule has 3 heterocycles. The SMILES string of the molecule is C=CC(=O)N(C)CCC1CC(n2c(NC(=O)c3ccc(-c4cnco4)s3)nc3c(Cl)cccc32)C1. The van der Waals surface area contributed by atoms with E-state index in [0.29, 0.717) is 39.6 Å². The number of carbonyl (C=O) groups excluding carboxylic acids is 2. The molecular formula is C25H24ClN5O3S. The quantitative estimate of drug-likeness (QED) is 0.310. The number of nitrogens with one attached hydrogen (secondary N) is 1. The highest BCUT2D eigenvalue weighted by molar-refractivity contribution is 7.17. The highest BCUT2D eigenvalue weighted by atomic mass is 35.5. The Kier molecular flexibility index (Phi) is 6.44. The molecule has 2 amide bonds. The Morgan fingerprint density at radius 2 is 2.17 bits per heavy atom. The summed E-state index contributed by atoms with van der Waals surface area (Å²) in [7, 11) is 1.79. The summed E-state index contributed by atoms with van der Waals surface area (Å²) in [5.41, 5.74) is 1.56. The third-order valence-electron chi connectivity index (χ3n) is 6.40. The van der Waals surface area contributed by atoms with Crippen molar-refractivity contribution in [3.8, 4) is 10.6 Å². The molecule has 0 atom stereocenters. The Labute approximate surface area is 211 Å². The van der Waals surface area contributed by atoms with E-state index in [9.17, 15) is 9.59 Å². The monoisotopic (exact) mass is 509 g/mol. The molecule has 1 aromatic carbocycles. The van der Waals surface area contributed by atoms with Gasteiger partial charge in [-0.2, -0.15) is 0 Å². The predicted molar refractivity (Wildman–Crippen MR) is 137 cm³/mol. The van der Waals surface area contributed by atoms with Crippen molar-refractivity contribution in [3.63, 3.8) is 0 Å². The van der Waals surface area contributed by atoms with Crippen LogP contribution in [0, 0.1) is 5.92 Å². The molecule has 180 valence electrons. The average molecular weight is 510 g/mol. The molecule has 10 heteroatoms. The zero-order valence-electron chi connectivity index (χ0n) is 19.1. The lowest BCUT2D eigenvalue weighted by Crippen LogP contribution is -2.33. The van der Waals surface area contributed by atoms with E-state index in [2.05, 4.69) is 26.4 Å². The minimum atomic E-state index is -0.242. The van der Waals surface area contributed by atoms with Crippen LogP contribution in [-0.2, 0) is 4.79 Å². The fourth-order valence-electron chi connectivity index (χ4n) is 4.42. The van der Waals surface area contributed by atoms with Crippen LogP contribution >= 0.6 is 22.9 Å². The molecule has 5 rings (SSSR count). The topological polar surface area (TPSA) is 93.3 Å².